The lowest BCUT2D eigenvalue weighted by Crippen LogP contribution is -2.29. The number of benzene rings is 1. The SMILES string of the molecule is Cc1nc2ccccc2n1CCNCC1CCCC(C)C1. The fraction of sp³-hybridized carbons (Fsp3) is 0.611. The third-order valence-electron chi connectivity index (χ3n) is 4.84. The predicted molar refractivity (Wildman–Crippen MR) is 88.5 cm³/mol. The Kier molecular flexibility index (Phi) is 4.59. The van der Waals surface area contributed by atoms with Crippen molar-refractivity contribution in [3.8, 4) is 0 Å². The molecule has 21 heavy (non-hydrogen) atoms. The number of fused-ring (bicyclic) bond motifs is 1. The normalized spacial score (nSPS) is 22.8. The zero-order chi connectivity index (χ0) is 14.7. The fourth-order valence-electron chi connectivity index (χ4n) is 3.72. The molecule has 0 saturated heterocycles. The van der Waals surface area contributed by atoms with Crippen LogP contribution in [0.4, 0.5) is 0 Å². The van der Waals surface area contributed by atoms with E-state index in [2.05, 4.69) is 53.0 Å². The van der Waals surface area contributed by atoms with Crippen molar-refractivity contribution in [3.05, 3.63) is 30.1 Å². The third-order valence-corrected chi connectivity index (χ3v) is 4.84. The lowest BCUT2D eigenvalue weighted by atomic mass is 9.82. The highest BCUT2D eigenvalue weighted by Gasteiger charge is 2.18. The van der Waals surface area contributed by atoms with Gasteiger partial charge in [-0.25, -0.2) is 4.98 Å². The van der Waals surface area contributed by atoms with E-state index in [0.717, 1.165) is 36.3 Å². The zero-order valence-corrected chi connectivity index (χ0v) is 13.3. The highest BCUT2D eigenvalue weighted by molar-refractivity contribution is 5.75. The molecule has 1 saturated carbocycles. The number of para-hydroxylation sites is 2. The number of hydrogen-bond donors (Lipinski definition) is 1. The first kappa shape index (κ1) is 14.6. The molecule has 1 N–H and O–H groups in total. The molecule has 1 aliphatic rings. The lowest BCUT2D eigenvalue weighted by Gasteiger charge is -2.26. The van der Waals surface area contributed by atoms with Crippen LogP contribution in [-0.4, -0.2) is 22.6 Å². The summed E-state index contributed by atoms with van der Waals surface area (Å²) in [5.74, 6) is 2.92. The molecule has 0 radical (unpaired) electrons. The summed E-state index contributed by atoms with van der Waals surface area (Å²) >= 11 is 0. The van der Waals surface area contributed by atoms with Crippen molar-refractivity contribution >= 4 is 11.0 Å². The molecule has 3 nitrogen and oxygen atoms in total. The average Bonchev–Trinajstić information content (AvgIpc) is 2.79. The van der Waals surface area contributed by atoms with Gasteiger partial charge in [-0.05, 0) is 50.3 Å². The number of nitrogens with one attached hydrogen (secondary N) is 1. The van der Waals surface area contributed by atoms with E-state index in [9.17, 15) is 0 Å². The Morgan fingerprint density at radius 2 is 2.14 bits per heavy atom. The van der Waals surface area contributed by atoms with Gasteiger partial charge in [0, 0.05) is 13.1 Å². The Labute approximate surface area is 127 Å². The summed E-state index contributed by atoms with van der Waals surface area (Å²) in [5, 5.41) is 3.66. The molecule has 1 aromatic carbocycles. The zero-order valence-electron chi connectivity index (χ0n) is 13.3. The van der Waals surface area contributed by atoms with E-state index in [1.165, 1.54) is 37.7 Å². The first-order valence-electron chi connectivity index (χ1n) is 8.36. The Balaban J connectivity index is 1.51. The summed E-state index contributed by atoms with van der Waals surface area (Å²) in [4.78, 5) is 4.63. The predicted octanol–water partition coefficient (Wildman–Crippen LogP) is 3.76. The van der Waals surface area contributed by atoms with Crippen molar-refractivity contribution in [2.24, 2.45) is 11.8 Å². The second-order valence-corrected chi connectivity index (χ2v) is 6.64. The van der Waals surface area contributed by atoms with Crippen molar-refractivity contribution < 1.29 is 0 Å². The minimum Gasteiger partial charge on any atom is -0.327 e. The van der Waals surface area contributed by atoms with Gasteiger partial charge >= 0.3 is 0 Å². The first-order chi connectivity index (χ1) is 10.2. The molecular formula is C18H27N3. The minimum atomic E-state index is 0.884. The van der Waals surface area contributed by atoms with Crippen LogP contribution in [0.1, 0.15) is 38.4 Å². The first-order valence-corrected chi connectivity index (χ1v) is 8.36. The van der Waals surface area contributed by atoms with Crippen molar-refractivity contribution in [2.45, 2.75) is 46.1 Å². The van der Waals surface area contributed by atoms with Gasteiger partial charge in [0.1, 0.15) is 5.82 Å². The Hall–Kier alpha value is -1.35. The van der Waals surface area contributed by atoms with E-state index in [4.69, 9.17) is 0 Å². The molecule has 1 aromatic heterocycles. The van der Waals surface area contributed by atoms with Crippen LogP contribution in [0.15, 0.2) is 24.3 Å². The molecule has 2 aromatic rings. The van der Waals surface area contributed by atoms with Gasteiger partial charge in [0.25, 0.3) is 0 Å². The largest absolute Gasteiger partial charge is 0.327 e. The lowest BCUT2D eigenvalue weighted by molar-refractivity contribution is 0.274. The Bertz CT molecular complexity index is 587. The molecule has 3 rings (SSSR count). The summed E-state index contributed by atoms with van der Waals surface area (Å²) in [5.41, 5.74) is 2.36. The van der Waals surface area contributed by atoms with Crippen molar-refractivity contribution in [1.82, 2.24) is 14.9 Å². The van der Waals surface area contributed by atoms with E-state index in [0.29, 0.717) is 0 Å². The molecule has 1 aliphatic carbocycles. The van der Waals surface area contributed by atoms with E-state index >= 15 is 0 Å². The Morgan fingerprint density at radius 1 is 1.29 bits per heavy atom. The topological polar surface area (TPSA) is 29.9 Å². The molecule has 3 heteroatoms. The van der Waals surface area contributed by atoms with Gasteiger partial charge in [-0.3, -0.25) is 0 Å². The summed E-state index contributed by atoms with van der Waals surface area (Å²) in [7, 11) is 0. The maximum Gasteiger partial charge on any atom is 0.106 e. The highest BCUT2D eigenvalue weighted by atomic mass is 15.1. The van der Waals surface area contributed by atoms with Gasteiger partial charge in [-0.2, -0.15) is 0 Å². The molecular weight excluding hydrogens is 258 g/mol. The average molecular weight is 285 g/mol. The standard InChI is InChI=1S/C18H27N3/c1-14-6-5-7-16(12-14)13-19-10-11-21-15(2)20-17-8-3-4-9-18(17)21/h3-4,8-9,14,16,19H,5-7,10-13H2,1-2H3. The number of aryl methyl sites for hydroxylation is 1. The second kappa shape index (κ2) is 6.61. The molecule has 0 bridgehead atoms. The van der Waals surface area contributed by atoms with Gasteiger partial charge in [0.05, 0.1) is 11.0 Å². The van der Waals surface area contributed by atoms with Crippen LogP contribution < -0.4 is 5.32 Å². The number of aromatic nitrogens is 2. The molecule has 0 aliphatic heterocycles. The maximum atomic E-state index is 4.63. The van der Waals surface area contributed by atoms with Crippen LogP contribution in [0, 0.1) is 18.8 Å². The van der Waals surface area contributed by atoms with E-state index in [1.807, 2.05) is 0 Å². The van der Waals surface area contributed by atoms with Crippen LogP contribution in [0.3, 0.4) is 0 Å². The van der Waals surface area contributed by atoms with Crippen LogP contribution in [0.2, 0.25) is 0 Å². The van der Waals surface area contributed by atoms with Gasteiger partial charge in [-0.15, -0.1) is 0 Å². The van der Waals surface area contributed by atoms with Crippen LogP contribution in [-0.2, 0) is 6.54 Å². The molecule has 2 atom stereocenters. The fourth-order valence-corrected chi connectivity index (χ4v) is 3.72. The Morgan fingerprint density at radius 3 is 3.00 bits per heavy atom. The second-order valence-electron chi connectivity index (χ2n) is 6.64. The van der Waals surface area contributed by atoms with E-state index in [1.54, 1.807) is 0 Å². The van der Waals surface area contributed by atoms with Gasteiger partial charge in [-0.1, -0.05) is 31.9 Å². The van der Waals surface area contributed by atoms with Gasteiger partial charge in [0.2, 0.25) is 0 Å². The van der Waals surface area contributed by atoms with E-state index in [-0.39, 0.29) is 0 Å². The molecule has 2 unspecified atom stereocenters. The number of nitrogens with zero attached hydrogens (tertiary/aromatic N) is 2. The molecule has 1 fully saturated rings. The maximum absolute atomic E-state index is 4.63. The molecule has 0 spiro atoms. The quantitative estimate of drug-likeness (QED) is 0.848. The van der Waals surface area contributed by atoms with Crippen molar-refractivity contribution in [1.29, 1.82) is 0 Å². The van der Waals surface area contributed by atoms with Crippen LogP contribution in [0.25, 0.3) is 11.0 Å². The number of hydrogen-bond acceptors (Lipinski definition) is 2. The van der Waals surface area contributed by atoms with Crippen molar-refractivity contribution in [2.75, 3.05) is 13.1 Å². The summed E-state index contributed by atoms with van der Waals surface area (Å²) in [6.07, 6.45) is 5.65. The van der Waals surface area contributed by atoms with E-state index < -0.39 is 0 Å². The third kappa shape index (κ3) is 3.46. The number of imidazole rings is 1. The smallest absolute Gasteiger partial charge is 0.106 e. The van der Waals surface area contributed by atoms with Gasteiger partial charge in [0.15, 0.2) is 0 Å². The summed E-state index contributed by atoms with van der Waals surface area (Å²) in [6.45, 7) is 7.71. The van der Waals surface area contributed by atoms with Crippen LogP contribution >= 0.6 is 0 Å². The number of rotatable bonds is 5. The summed E-state index contributed by atoms with van der Waals surface area (Å²) in [6, 6.07) is 8.41. The monoisotopic (exact) mass is 285 g/mol. The molecule has 114 valence electrons. The van der Waals surface area contributed by atoms with Crippen molar-refractivity contribution in [3.63, 3.8) is 0 Å². The summed E-state index contributed by atoms with van der Waals surface area (Å²) < 4.78 is 2.33. The van der Waals surface area contributed by atoms with Crippen LogP contribution in [0.5, 0.6) is 0 Å². The molecule has 1 heterocycles. The van der Waals surface area contributed by atoms with Gasteiger partial charge < -0.3 is 9.88 Å². The highest BCUT2D eigenvalue weighted by Crippen LogP contribution is 2.27. The molecule has 0 amide bonds. The minimum absolute atomic E-state index is 0.884.